The normalized spacial score (nSPS) is 12.1. The highest BCUT2D eigenvalue weighted by molar-refractivity contribution is 6.00. The summed E-state index contributed by atoms with van der Waals surface area (Å²) in [7, 11) is 0. The second kappa shape index (κ2) is 16.6. The number of hydrogen-bond acceptors (Lipinski definition) is 3. The molecule has 7 nitrogen and oxygen atoms in total. The van der Waals surface area contributed by atoms with Gasteiger partial charge in [-0.3, -0.25) is 0 Å². The predicted molar refractivity (Wildman–Crippen MR) is 209 cm³/mol. The van der Waals surface area contributed by atoms with Crippen molar-refractivity contribution in [2.45, 2.75) is 0 Å². The van der Waals surface area contributed by atoms with Gasteiger partial charge in [-0.1, -0.05) is 5.11 Å². The van der Waals surface area contributed by atoms with Crippen LogP contribution < -0.4 is 0 Å². The SMILES string of the molecule is [N-]=[N+]=Nc1c(F)c(F)c(-c2c3nc(c(-c4c(F)c(F)c(F)c(F)c4F)c4ccc([nH]4)c(-c4c(F)c(F)c(F)c(F)c4F)c4nc(c(-c5c(F)c(F)c(F)c(F)c5F)c5ccc2[nH]5)C=C4)C=C3)c(F)c1F. The summed E-state index contributed by atoms with van der Waals surface area (Å²) in [5, 5.41) is 2.57. The Balaban J connectivity index is 1.60. The maximum Gasteiger partial charge on any atom is 0.200 e. The molecule has 0 saturated carbocycles. The lowest BCUT2D eigenvalue weighted by Crippen LogP contribution is -2.06. The van der Waals surface area contributed by atoms with Gasteiger partial charge in [0.25, 0.3) is 0 Å². The first kappa shape index (κ1) is 46.6. The van der Waals surface area contributed by atoms with E-state index in [2.05, 4.69) is 30.0 Å². The highest BCUT2D eigenvalue weighted by atomic mass is 19.2. The lowest BCUT2D eigenvalue weighted by atomic mass is 10.0. The van der Waals surface area contributed by atoms with E-state index in [4.69, 9.17) is 5.53 Å². The van der Waals surface area contributed by atoms with Crippen LogP contribution in [0.1, 0.15) is 22.8 Å². The monoisotopic (exact) mass is 997 g/mol. The van der Waals surface area contributed by atoms with E-state index < -0.39 is 206 Å². The summed E-state index contributed by atoms with van der Waals surface area (Å²) in [6.07, 6.45) is 2.46. The number of hydrogen-bond donors (Lipinski definition) is 2. The summed E-state index contributed by atoms with van der Waals surface area (Å²) < 4.78 is 291. The molecule has 0 radical (unpaired) electrons. The van der Waals surface area contributed by atoms with Gasteiger partial charge in [0.15, 0.2) is 93.1 Å². The van der Waals surface area contributed by atoms with Crippen molar-refractivity contribution in [2.24, 2.45) is 5.11 Å². The van der Waals surface area contributed by atoms with Crippen LogP contribution in [-0.2, 0) is 0 Å². The minimum Gasteiger partial charge on any atom is -0.354 e. The Labute approximate surface area is 372 Å². The van der Waals surface area contributed by atoms with Gasteiger partial charge in [0.05, 0.1) is 45.0 Å². The Morgan fingerprint density at radius 2 is 0.500 bits per heavy atom. The Bertz CT molecular complexity index is 3670. The van der Waals surface area contributed by atoms with Crippen LogP contribution in [0, 0.1) is 111 Å². The minimum absolute atomic E-state index is 0.607. The molecule has 2 aliphatic heterocycles. The number of aromatic amines is 2. The van der Waals surface area contributed by atoms with E-state index in [1.54, 1.807) is 0 Å². The lowest BCUT2D eigenvalue weighted by molar-refractivity contribution is 0.381. The molecule has 26 heteroatoms. The van der Waals surface area contributed by atoms with Crippen molar-refractivity contribution in [1.82, 2.24) is 19.9 Å². The van der Waals surface area contributed by atoms with E-state index in [0.29, 0.717) is 48.6 Å². The molecule has 2 N–H and O–H groups in total. The zero-order valence-corrected chi connectivity index (χ0v) is 33.0. The van der Waals surface area contributed by atoms with Crippen LogP contribution in [0.15, 0.2) is 29.4 Å². The fourth-order valence-electron chi connectivity index (χ4n) is 7.70. The first-order valence-corrected chi connectivity index (χ1v) is 18.8. The molecule has 9 rings (SSSR count). The van der Waals surface area contributed by atoms with Crippen LogP contribution in [0.4, 0.5) is 89.1 Å². The summed E-state index contributed by atoms with van der Waals surface area (Å²) in [5.41, 5.74) is -13.3. The number of rotatable bonds is 5. The van der Waals surface area contributed by atoms with Gasteiger partial charge in [0, 0.05) is 49.2 Å². The van der Waals surface area contributed by atoms with Crippen molar-refractivity contribution < 1.29 is 83.4 Å². The number of nitrogens with zero attached hydrogens (tertiary/aromatic N) is 5. The molecule has 70 heavy (non-hydrogen) atoms. The molecule has 2 aliphatic rings. The number of azide groups is 1. The molecule has 4 aromatic carbocycles. The molecule has 354 valence electrons. The van der Waals surface area contributed by atoms with Gasteiger partial charge in [-0.25, -0.2) is 93.4 Å². The van der Waals surface area contributed by atoms with Crippen molar-refractivity contribution in [3.63, 3.8) is 0 Å². The first-order valence-electron chi connectivity index (χ1n) is 18.8. The smallest absolute Gasteiger partial charge is 0.200 e. The van der Waals surface area contributed by atoms with Gasteiger partial charge in [-0.15, -0.1) is 0 Å². The number of nitrogens with one attached hydrogen (secondary N) is 2. The van der Waals surface area contributed by atoms with E-state index in [-0.39, 0.29) is 0 Å². The van der Waals surface area contributed by atoms with Crippen LogP contribution in [0.2, 0.25) is 0 Å². The summed E-state index contributed by atoms with van der Waals surface area (Å²) >= 11 is 0. The molecule has 0 atom stereocenters. The van der Waals surface area contributed by atoms with Gasteiger partial charge in [0.2, 0.25) is 17.5 Å². The van der Waals surface area contributed by atoms with E-state index in [1.165, 1.54) is 0 Å². The zero-order chi connectivity index (χ0) is 50.7. The van der Waals surface area contributed by atoms with E-state index >= 15 is 43.9 Å². The van der Waals surface area contributed by atoms with Crippen molar-refractivity contribution in [2.75, 3.05) is 0 Å². The molecule has 0 unspecified atom stereocenters. The third-order valence-corrected chi connectivity index (χ3v) is 10.8. The molecule has 0 aliphatic carbocycles. The lowest BCUT2D eigenvalue weighted by Gasteiger charge is -2.12. The summed E-state index contributed by atoms with van der Waals surface area (Å²) in [6, 6.07) is 2.57. The number of halogens is 19. The highest BCUT2D eigenvalue weighted by Crippen LogP contribution is 2.45. The second-order valence-corrected chi connectivity index (χ2v) is 14.5. The average molecular weight is 998 g/mol. The Morgan fingerprint density at radius 1 is 0.300 bits per heavy atom. The number of H-pyrrole nitrogens is 2. The van der Waals surface area contributed by atoms with Crippen LogP contribution in [-0.4, -0.2) is 19.9 Å². The summed E-state index contributed by atoms with van der Waals surface area (Å²) in [6.45, 7) is 0. The first-order chi connectivity index (χ1) is 33.1. The van der Waals surface area contributed by atoms with Crippen LogP contribution in [0.5, 0.6) is 0 Å². The molecule has 0 spiro atoms. The number of fused-ring (bicyclic) bond motifs is 8. The van der Waals surface area contributed by atoms with Crippen molar-refractivity contribution in [3.05, 3.63) is 168 Å². The third-order valence-electron chi connectivity index (χ3n) is 10.8. The summed E-state index contributed by atoms with van der Waals surface area (Å²) in [5.74, 6) is -49.0. The second-order valence-electron chi connectivity index (χ2n) is 14.5. The Morgan fingerprint density at radius 3 is 0.714 bits per heavy atom. The highest BCUT2D eigenvalue weighted by Gasteiger charge is 2.35. The predicted octanol–water partition coefficient (Wildman–Crippen LogP) is 14.9. The molecule has 0 amide bonds. The van der Waals surface area contributed by atoms with Crippen molar-refractivity contribution >= 4 is 52.1 Å². The van der Waals surface area contributed by atoms with E-state index in [9.17, 15) is 39.5 Å². The van der Waals surface area contributed by atoms with Crippen LogP contribution >= 0.6 is 0 Å². The molecule has 3 aromatic heterocycles. The largest absolute Gasteiger partial charge is 0.354 e. The fraction of sp³-hybridized carbons (Fsp3) is 0. The van der Waals surface area contributed by atoms with Gasteiger partial charge in [-0.05, 0) is 54.1 Å². The van der Waals surface area contributed by atoms with Crippen LogP contribution in [0.3, 0.4) is 0 Å². The van der Waals surface area contributed by atoms with Gasteiger partial charge < -0.3 is 9.97 Å². The zero-order valence-electron chi connectivity index (χ0n) is 33.0. The van der Waals surface area contributed by atoms with E-state index in [1.807, 2.05) is 0 Å². The molecule has 7 aromatic rings. The Kier molecular flexibility index (Phi) is 11.0. The van der Waals surface area contributed by atoms with Gasteiger partial charge in [0.1, 0.15) is 5.69 Å². The maximum atomic E-state index is 16.2. The minimum atomic E-state index is -2.71. The van der Waals surface area contributed by atoms with Gasteiger partial charge >= 0.3 is 0 Å². The number of aromatic nitrogens is 4. The maximum absolute atomic E-state index is 16.2. The topological polar surface area (TPSA) is 106 Å². The van der Waals surface area contributed by atoms with Crippen molar-refractivity contribution in [1.29, 1.82) is 0 Å². The third kappa shape index (κ3) is 6.68. The molecule has 5 heterocycles. The van der Waals surface area contributed by atoms with E-state index in [0.717, 1.165) is 0 Å². The molecule has 0 saturated heterocycles. The molecule has 0 fully saturated rings. The fourth-order valence-corrected chi connectivity index (χ4v) is 7.70. The Hall–Kier alpha value is -8.54. The average Bonchev–Trinajstić information content (AvgIpc) is 4.20. The molecular formula is C44H10F19N7. The van der Waals surface area contributed by atoms with Gasteiger partial charge in [-0.2, -0.15) is 0 Å². The molecule has 8 bridgehead atoms. The van der Waals surface area contributed by atoms with Crippen LogP contribution in [0.25, 0.3) is 101 Å². The quantitative estimate of drug-likeness (QED) is 0.0448. The van der Waals surface area contributed by atoms with Crippen molar-refractivity contribution in [3.8, 4) is 44.5 Å². The standard InChI is InChI=1S/C44H10F19N7/c45-25-21(26(46)34(54)39(59)33(25)53)17-9-1-3-11(65-9)18(22-27(47)35(55)40(60)36(56)28(22)48)13-5-7-15(67-13)20(24-31(51)42(62)44(69-70-64)43(63)32(24)52)16-8-6-14(68-16)19(12-4-2-10(17)66-12)23-29(49)37(57)41(61)38(58)30(23)50/h1-8,65,68H. The number of benzene rings is 4. The summed E-state index contributed by atoms with van der Waals surface area (Å²) in [4.78, 5) is 14.5. The molecular weight excluding hydrogens is 987 g/mol.